The molecule has 1 unspecified atom stereocenters. The molecule has 0 amide bonds. The third kappa shape index (κ3) is 55.1. The largest absolute Gasteiger partial charge is 0.462 e. The van der Waals surface area contributed by atoms with Gasteiger partial charge in [0, 0.05) is 19.3 Å². The molecule has 0 aromatic carbocycles. The van der Waals surface area contributed by atoms with Crippen LogP contribution in [0, 0.1) is 0 Å². The molecule has 69 heavy (non-hydrogen) atoms. The molecular weight excluding hydrogens is 853 g/mol. The van der Waals surface area contributed by atoms with Crippen LogP contribution in [0.15, 0.2) is 97.2 Å². The normalized spacial score (nSPS) is 12.8. The summed E-state index contributed by atoms with van der Waals surface area (Å²) >= 11 is 0. The minimum absolute atomic E-state index is 0.0830. The summed E-state index contributed by atoms with van der Waals surface area (Å²) in [6.07, 6.45) is 75.6. The van der Waals surface area contributed by atoms with Gasteiger partial charge >= 0.3 is 17.9 Å². The van der Waals surface area contributed by atoms with Crippen molar-refractivity contribution >= 4 is 17.9 Å². The summed E-state index contributed by atoms with van der Waals surface area (Å²) in [5.41, 5.74) is 0. The minimum Gasteiger partial charge on any atom is -0.462 e. The number of carbonyl (C=O) groups excluding carboxylic acids is 3. The Kier molecular flexibility index (Phi) is 53.9. The molecule has 0 saturated heterocycles. The van der Waals surface area contributed by atoms with Gasteiger partial charge in [0.05, 0.1) is 0 Å². The molecule has 0 heterocycles. The van der Waals surface area contributed by atoms with Gasteiger partial charge in [0.15, 0.2) is 6.10 Å². The van der Waals surface area contributed by atoms with Crippen LogP contribution in [0.2, 0.25) is 0 Å². The second-order valence-electron chi connectivity index (χ2n) is 18.8. The Morgan fingerprint density at radius 1 is 0.304 bits per heavy atom. The van der Waals surface area contributed by atoms with E-state index in [1.54, 1.807) is 0 Å². The molecule has 6 nitrogen and oxygen atoms in total. The summed E-state index contributed by atoms with van der Waals surface area (Å²) in [5.74, 6) is -0.903. The molecule has 0 aromatic heterocycles. The van der Waals surface area contributed by atoms with Crippen molar-refractivity contribution in [3.8, 4) is 0 Å². The van der Waals surface area contributed by atoms with E-state index >= 15 is 0 Å². The Bertz CT molecular complexity index is 1380. The first-order chi connectivity index (χ1) is 34.0. The number of unbranched alkanes of at least 4 members (excludes halogenated alkanes) is 24. The van der Waals surface area contributed by atoms with Crippen molar-refractivity contribution in [3.63, 3.8) is 0 Å². The van der Waals surface area contributed by atoms with Crippen LogP contribution in [0.5, 0.6) is 0 Å². The third-order valence-electron chi connectivity index (χ3n) is 12.1. The van der Waals surface area contributed by atoms with Gasteiger partial charge in [-0.15, -0.1) is 0 Å². The van der Waals surface area contributed by atoms with Crippen LogP contribution in [0.3, 0.4) is 0 Å². The lowest BCUT2D eigenvalue weighted by Crippen LogP contribution is -2.30. The summed E-state index contributed by atoms with van der Waals surface area (Å²) in [5, 5.41) is 0. The van der Waals surface area contributed by atoms with E-state index in [2.05, 4.69) is 118 Å². The summed E-state index contributed by atoms with van der Waals surface area (Å²) in [4.78, 5) is 38.0. The molecule has 0 aromatic rings. The number of hydrogen-bond acceptors (Lipinski definition) is 6. The zero-order valence-electron chi connectivity index (χ0n) is 45.0. The van der Waals surface area contributed by atoms with Crippen LogP contribution in [0.25, 0.3) is 0 Å². The Morgan fingerprint density at radius 3 is 0.884 bits per heavy atom. The smallest absolute Gasteiger partial charge is 0.306 e. The highest BCUT2D eigenvalue weighted by molar-refractivity contribution is 5.71. The highest BCUT2D eigenvalue weighted by atomic mass is 16.6. The van der Waals surface area contributed by atoms with E-state index in [1.807, 2.05) is 0 Å². The van der Waals surface area contributed by atoms with Gasteiger partial charge in [-0.1, -0.05) is 246 Å². The van der Waals surface area contributed by atoms with Gasteiger partial charge in [0.2, 0.25) is 0 Å². The monoisotopic (exact) mass is 959 g/mol. The molecule has 0 radical (unpaired) electrons. The maximum Gasteiger partial charge on any atom is 0.306 e. The zero-order valence-corrected chi connectivity index (χ0v) is 45.0. The molecular formula is C63H106O6. The van der Waals surface area contributed by atoms with Crippen molar-refractivity contribution in [2.24, 2.45) is 0 Å². The standard InChI is InChI=1S/C63H106O6/c1-4-7-10-13-16-18-20-22-24-26-28-29-30-31-32-33-35-36-38-40-42-44-47-50-53-56-62(65)68-59-60(58-67-61(64)55-52-49-46-15-12-9-6-3)69-63(66)57-54-51-48-45-43-41-39-37-34-27-25-23-21-19-17-14-11-8-5-2/h7-8,10-11,16-19,22-25,28-29,34,37,60H,4-6,9,12-15,20-21,26-27,30-33,35-36,38-59H2,1-3H3/b10-7-,11-8-,18-16-,19-17-,24-22-,25-23-,29-28-,37-34-. The van der Waals surface area contributed by atoms with E-state index in [4.69, 9.17) is 14.2 Å². The van der Waals surface area contributed by atoms with Crippen molar-refractivity contribution in [1.29, 1.82) is 0 Å². The van der Waals surface area contributed by atoms with Crippen LogP contribution < -0.4 is 0 Å². The van der Waals surface area contributed by atoms with E-state index in [1.165, 1.54) is 103 Å². The summed E-state index contributed by atoms with van der Waals surface area (Å²) in [6.45, 7) is 6.37. The Labute approximate surface area is 426 Å². The van der Waals surface area contributed by atoms with Gasteiger partial charge in [0.25, 0.3) is 0 Å². The number of hydrogen-bond donors (Lipinski definition) is 0. The van der Waals surface area contributed by atoms with E-state index in [0.29, 0.717) is 19.3 Å². The lowest BCUT2D eigenvalue weighted by Gasteiger charge is -2.18. The maximum atomic E-state index is 12.8. The second-order valence-corrected chi connectivity index (χ2v) is 18.8. The molecule has 0 saturated carbocycles. The van der Waals surface area contributed by atoms with Crippen LogP contribution in [0.1, 0.15) is 265 Å². The average Bonchev–Trinajstić information content (AvgIpc) is 3.35. The molecule has 0 N–H and O–H groups in total. The van der Waals surface area contributed by atoms with E-state index in [-0.39, 0.29) is 31.1 Å². The fourth-order valence-corrected chi connectivity index (χ4v) is 7.84. The highest BCUT2D eigenvalue weighted by Crippen LogP contribution is 2.15. The van der Waals surface area contributed by atoms with Crippen molar-refractivity contribution in [2.45, 2.75) is 271 Å². The van der Waals surface area contributed by atoms with Crippen LogP contribution in [0.4, 0.5) is 0 Å². The first kappa shape index (κ1) is 65.3. The van der Waals surface area contributed by atoms with Gasteiger partial charge in [-0.3, -0.25) is 14.4 Å². The summed E-state index contributed by atoms with van der Waals surface area (Å²) in [7, 11) is 0. The molecule has 0 spiro atoms. The van der Waals surface area contributed by atoms with Crippen molar-refractivity contribution in [2.75, 3.05) is 13.2 Å². The van der Waals surface area contributed by atoms with E-state index in [9.17, 15) is 14.4 Å². The first-order valence-electron chi connectivity index (χ1n) is 28.7. The molecule has 0 aliphatic heterocycles. The molecule has 6 heteroatoms. The third-order valence-corrected chi connectivity index (χ3v) is 12.1. The lowest BCUT2D eigenvalue weighted by atomic mass is 10.0. The Morgan fingerprint density at radius 2 is 0.565 bits per heavy atom. The molecule has 394 valence electrons. The zero-order chi connectivity index (χ0) is 50.0. The SMILES string of the molecule is CC/C=C\C/C=C\C/C=C\C/C=C\CCCCCCCCCCCCCCC(=O)OCC(COC(=O)CCCCCCCCC)OC(=O)CCCCCCCC/C=C\C/C=C\C/C=C\C/C=C\CC. The predicted octanol–water partition coefficient (Wildman–Crippen LogP) is 19.3. The number of rotatable bonds is 51. The minimum atomic E-state index is -0.783. The Balaban J connectivity index is 4.20. The quantitative estimate of drug-likeness (QED) is 0.0262. The predicted molar refractivity (Wildman–Crippen MR) is 297 cm³/mol. The average molecular weight is 960 g/mol. The molecule has 0 rings (SSSR count). The van der Waals surface area contributed by atoms with Gasteiger partial charge < -0.3 is 14.2 Å². The van der Waals surface area contributed by atoms with Crippen molar-refractivity contribution < 1.29 is 28.6 Å². The summed E-state index contributed by atoms with van der Waals surface area (Å²) in [6, 6.07) is 0. The van der Waals surface area contributed by atoms with Gasteiger partial charge in [-0.05, 0) is 96.3 Å². The van der Waals surface area contributed by atoms with E-state index in [0.717, 1.165) is 122 Å². The van der Waals surface area contributed by atoms with Crippen LogP contribution >= 0.6 is 0 Å². The molecule has 1 atom stereocenters. The van der Waals surface area contributed by atoms with Gasteiger partial charge in [0.1, 0.15) is 13.2 Å². The molecule has 0 bridgehead atoms. The number of allylic oxidation sites excluding steroid dienone is 16. The second kappa shape index (κ2) is 56.9. The van der Waals surface area contributed by atoms with Crippen molar-refractivity contribution in [3.05, 3.63) is 97.2 Å². The lowest BCUT2D eigenvalue weighted by molar-refractivity contribution is -0.167. The Hall–Kier alpha value is -3.67. The first-order valence-corrected chi connectivity index (χ1v) is 28.7. The maximum absolute atomic E-state index is 12.8. The topological polar surface area (TPSA) is 78.9 Å². The molecule has 0 aliphatic rings. The fourth-order valence-electron chi connectivity index (χ4n) is 7.84. The fraction of sp³-hybridized carbons (Fsp3) is 0.698. The molecule has 0 aliphatic carbocycles. The van der Waals surface area contributed by atoms with Crippen molar-refractivity contribution in [1.82, 2.24) is 0 Å². The van der Waals surface area contributed by atoms with E-state index < -0.39 is 6.10 Å². The summed E-state index contributed by atoms with van der Waals surface area (Å²) < 4.78 is 16.8. The van der Waals surface area contributed by atoms with Crippen LogP contribution in [-0.2, 0) is 28.6 Å². The highest BCUT2D eigenvalue weighted by Gasteiger charge is 2.19. The van der Waals surface area contributed by atoms with Gasteiger partial charge in [-0.25, -0.2) is 0 Å². The number of carbonyl (C=O) groups is 3. The van der Waals surface area contributed by atoms with Crippen LogP contribution in [-0.4, -0.2) is 37.2 Å². The molecule has 0 fully saturated rings. The number of ether oxygens (including phenoxy) is 3. The van der Waals surface area contributed by atoms with Gasteiger partial charge in [-0.2, -0.15) is 0 Å². The number of esters is 3.